The number of nitrogens with one attached hydrogen (secondary N) is 1. The van der Waals surface area contributed by atoms with Crippen molar-refractivity contribution in [3.8, 4) is 0 Å². The molecule has 3 rings (SSSR count). The Morgan fingerprint density at radius 1 is 1.39 bits per heavy atom. The molecule has 3 heterocycles. The summed E-state index contributed by atoms with van der Waals surface area (Å²) in [6, 6.07) is 1.30. The van der Waals surface area contributed by atoms with E-state index in [4.69, 9.17) is 19.4 Å². The number of carbonyl (C=O) groups excluding carboxylic acids is 1. The zero-order chi connectivity index (χ0) is 20.3. The zero-order valence-electron chi connectivity index (χ0n) is 15.5. The number of esters is 1. The van der Waals surface area contributed by atoms with Crippen molar-refractivity contribution in [2.24, 2.45) is 5.41 Å². The normalized spacial score (nSPS) is 29.4. The Bertz CT molecular complexity index is 748. The Morgan fingerprint density at radius 2 is 2.11 bits per heavy atom. The largest absolute Gasteiger partial charge is 0.462 e. The van der Waals surface area contributed by atoms with Crippen molar-refractivity contribution >= 4 is 11.8 Å². The summed E-state index contributed by atoms with van der Waals surface area (Å²) in [7, 11) is 0. The molecule has 0 bridgehead atoms. The van der Waals surface area contributed by atoms with Crippen molar-refractivity contribution in [2.75, 3.05) is 25.3 Å². The van der Waals surface area contributed by atoms with Gasteiger partial charge < -0.3 is 24.4 Å². The summed E-state index contributed by atoms with van der Waals surface area (Å²) < 4.78 is 17.3. The van der Waals surface area contributed by atoms with Gasteiger partial charge >= 0.3 is 11.7 Å². The van der Waals surface area contributed by atoms with Gasteiger partial charge in [0, 0.05) is 19.4 Å². The summed E-state index contributed by atoms with van der Waals surface area (Å²) in [5, 5.41) is 29.3. The van der Waals surface area contributed by atoms with Crippen LogP contribution in [0.2, 0.25) is 0 Å². The highest BCUT2D eigenvalue weighted by Crippen LogP contribution is 2.36. The lowest BCUT2D eigenvalue weighted by Gasteiger charge is -2.34. The highest BCUT2D eigenvalue weighted by molar-refractivity contribution is 5.77. The van der Waals surface area contributed by atoms with Gasteiger partial charge in [-0.3, -0.25) is 20.0 Å². The molecule has 11 nitrogen and oxygen atoms in total. The molecule has 2 fully saturated rings. The average Bonchev–Trinajstić information content (AvgIpc) is 3.00. The van der Waals surface area contributed by atoms with Crippen molar-refractivity contribution < 1.29 is 34.4 Å². The molecule has 0 unspecified atom stereocenters. The minimum Gasteiger partial charge on any atom is -0.462 e. The lowest BCUT2D eigenvalue weighted by molar-refractivity contribution is -0.168. The zero-order valence-corrected chi connectivity index (χ0v) is 15.5. The van der Waals surface area contributed by atoms with E-state index < -0.39 is 35.6 Å². The van der Waals surface area contributed by atoms with E-state index in [9.17, 15) is 19.8 Å². The maximum atomic E-state index is 12.6. The molecule has 0 aliphatic carbocycles. The minimum atomic E-state index is -1.42. The van der Waals surface area contributed by atoms with Gasteiger partial charge in [0.15, 0.2) is 12.0 Å². The van der Waals surface area contributed by atoms with Crippen LogP contribution in [-0.2, 0) is 19.0 Å². The quantitative estimate of drug-likeness (QED) is 0.361. The number of aliphatic hydroxyl groups excluding tert-OH is 2. The van der Waals surface area contributed by atoms with E-state index in [1.54, 1.807) is 5.48 Å². The number of aromatic nitrogens is 2. The molecule has 2 aliphatic heterocycles. The summed E-state index contributed by atoms with van der Waals surface area (Å²) in [6.45, 7) is 2.63. The summed E-state index contributed by atoms with van der Waals surface area (Å²) >= 11 is 0. The third kappa shape index (κ3) is 3.89. The van der Waals surface area contributed by atoms with Gasteiger partial charge in [-0.05, 0) is 25.3 Å². The van der Waals surface area contributed by atoms with Crippen molar-refractivity contribution in [2.45, 2.75) is 50.7 Å². The Kier molecular flexibility index (Phi) is 6.30. The number of hydrogen-bond donors (Lipinski definition) is 4. The van der Waals surface area contributed by atoms with E-state index in [1.807, 2.05) is 6.92 Å². The van der Waals surface area contributed by atoms with Gasteiger partial charge in [0.05, 0.1) is 5.41 Å². The van der Waals surface area contributed by atoms with Gasteiger partial charge in [0.2, 0.25) is 0 Å². The number of anilines is 1. The molecule has 11 heteroatoms. The molecule has 4 atom stereocenters. The fraction of sp³-hybridized carbons (Fsp3) is 0.706. The predicted octanol–water partition coefficient (Wildman–Crippen LogP) is -0.586. The first-order valence-corrected chi connectivity index (χ1v) is 9.18. The molecule has 0 amide bonds. The first kappa shape index (κ1) is 20.7. The van der Waals surface area contributed by atoms with Gasteiger partial charge in [-0.2, -0.15) is 4.98 Å². The second-order valence-electron chi connectivity index (χ2n) is 7.01. The molecule has 28 heavy (non-hydrogen) atoms. The smallest absolute Gasteiger partial charge is 0.351 e. The molecule has 156 valence electrons. The average molecular weight is 399 g/mol. The van der Waals surface area contributed by atoms with Gasteiger partial charge in [0.1, 0.15) is 24.9 Å². The Morgan fingerprint density at radius 3 is 2.71 bits per heavy atom. The van der Waals surface area contributed by atoms with Crippen molar-refractivity contribution in [3.63, 3.8) is 0 Å². The molecular formula is C17H25N3O8. The summed E-state index contributed by atoms with van der Waals surface area (Å²) in [5.74, 6) is -0.453. The van der Waals surface area contributed by atoms with Crippen LogP contribution in [0.5, 0.6) is 0 Å². The van der Waals surface area contributed by atoms with Gasteiger partial charge in [-0.1, -0.05) is 6.92 Å². The first-order valence-electron chi connectivity index (χ1n) is 9.18. The molecule has 0 aromatic carbocycles. The second-order valence-corrected chi connectivity index (χ2v) is 7.01. The van der Waals surface area contributed by atoms with E-state index in [1.165, 1.54) is 12.3 Å². The monoisotopic (exact) mass is 399 g/mol. The summed E-state index contributed by atoms with van der Waals surface area (Å²) in [6.07, 6.45) is -1.97. The SMILES string of the molecule is CCC1(C(=O)OC[C@H]2O[C@@H](n3ccc(NO)nc3=O)[C@H](O)[C@@H]2O)CCOCC1. The number of nitrogens with zero attached hydrogens (tertiary/aromatic N) is 2. The Hall–Kier alpha value is -2.05. The predicted molar refractivity (Wildman–Crippen MR) is 93.6 cm³/mol. The van der Waals surface area contributed by atoms with Crippen LogP contribution in [0.3, 0.4) is 0 Å². The third-order valence-electron chi connectivity index (χ3n) is 5.49. The maximum absolute atomic E-state index is 12.6. The molecule has 2 aliphatic rings. The summed E-state index contributed by atoms with van der Waals surface area (Å²) in [4.78, 5) is 28.2. The second kappa shape index (κ2) is 8.53. The van der Waals surface area contributed by atoms with Crippen molar-refractivity contribution in [1.82, 2.24) is 9.55 Å². The lowest BCUT2D eigenvalue weighted by atomic mass is 9.78. The molecule has 0 spiro atoms. The fourth-order valence-corrected chi connectivity index (χ4v) is 3.54. The number of aliphatic hydroxyl groups is 2. The maximum Gasteiger partial charge on any atom is 0.351 e. The molecule has 2 saturated heterocycles. The van der Waals surface area contributed by atoms with Gasteiger partial charge in [-0.25, -0.2) is 4.79 Å². The molecule has 0 saturated carbocycles. The lowest BCUT2D eigenvalue weighted by Crippen LogP contribution is -2.40. The summed E-state index contributed by atoms with van der Waals surface area (Å²) in [5.41, 5.74) is 0.335. The number of carbonyl (C=O) groups is 1. The van der Waals surface area contributed by atoms with E-state index in [2.05, 4.69) is 4.98 Å². The van der Waals surface area contributed by atoms with Crippen LogP contribution in [0.25, 0.3) is 0 Å². The molecular weight excluding hydrogens is 374 g/mol. The first-order chi connectivity index (χ1) is 13.4. The Balaban J connectivity index is 1.66. The number of ether oxygens (including phenoxy) is 3. The molecule has 4 N–H and O–H groups in total. The van der Waals surface area contributed by atoms with Crippen LogP contribution in [0.1, 0.15) is 32.4 Å². The van der Waals surface area contributed by atoms with Crippen LogP contribution in [0.4, 0.5) is 5.82 Å². The van der Waals surface area contributed by atoms with E-state index in [0.29, 0.717) is 32.5 Å². The van der Waals surface area contributed by atoms with Crippen molar-refractivity contribution in [1.29, 1.82) is 0 Å². The highest BCUT2D eigenvalue weighted by Gasteiger charge is 2.46. The van der Waals surface area contributed by atoms with Crippen LogP contribution in [-0.4, -0.2) is 69.1 Å². The number of hydrogen-bond acceptors (Lipinski definition) is 10. The fourth-order valence-electron chi connectivity index (χ4n) is 3.54. The van der Waals surface area contributed by atoms with E-state index in [0.717, 1.165) is 4.57 Å². The number of rotatable bonds is 6. The van der Waals surface area contributed by atoms with Crippen LogP contribution >= 0.6 is 0 Å². The van der Waals surface area contributed by atoms with E-state index >= 15 is 0 Å². The molecule has 0 radical (unpaired) electrons. The Labute approximate surface area is 160 Å². The molecule has 1 aromatic rings. The van der Waals surface area contributed by atoms with Gasteiger partial charge in [0.25, 0.3) is 0 Å². The standard InChI is InChI=1S/C17H25N3O8/c1-2-17(4-7-26-8-5-17)15(23)27-9-10-12(21)13(22)14(28-10)20-6-3-11(19-25)18-16(20)24/h3,6,10,12-14,21-22,25H,2,4-5,7-9H2,1H3,(H,18,19,24)/t10-,12-,13-,14-/m1/s1. The van der Waals surface area contributed by atoms with Crippen LogP contribution in [0, 0.1) is 5.41 Å². The topological polar surface area (TPSA) is 152 Å². The van der Waals surface area contributed by atoms with Crippen molar-refractivity contribution in [3.05, 3.63) is 22.7 Å². The van der Waals surface area contributed by atoms with E-state index in [-0.39, 0.29) is 18.4 Å². The third-order valence-corrected chi connectivity index (χ3v) is 5.49. The molecule has 1 aromatic heterocycles. The van der Waals surface area contributed by atoms with Gasteiger partial charge in [-0.15, -0.1) is 0 Å². The highest BCUT2D eigenvalue weighted by atomic mass is 16.6. The minimum absolute atomic E-state index is 0.0684. The van der Waals surface area contributed by atoms with Crippen LogP contribution in [0.15, 0.2) is 17.1 Å². The van der Waals surface area contributed by atoms with Crippen LogP contribution < -0.4 is 11.2 Å².